The van der Waals surface area contributed by atoms with Gasteiger partial charge in [0.05, 0.1) is 4.90 Å². The summed E-state index contributed by atoms with van der Waals surface area (Å²) >= 11 is 0. The SMILES string of the molecule is CCOCCCNS(=O)(=O)c1cc(C#CCO)ccc1C. The zero-order valence-corrected chi connectivity index (χ0v) is 13.2. The van der Waals surface area contributed by atoms with Crippen LogP contribution >= 0.6 is 0 Å². The summed E-state index contributed by atoms with van der Waals surface area (Å²) in [6.45, 7) is 4.85. The van der Waals surface area contributed by atoms with E-state index in [1.807, 2.05) is 6.92 Å². The van der Waals surface area contributed by atoms with Crippen LogP contribution in [-0.4, -0.2) is 39.9 Å². The molecule has 0 aliphatic carbocycles. The van der Waals surface area contributed by atoms with Gasteiger partial charge < -0.3 is 9.84 Å². The molecule has 0 bridgehead atoms. The highest BCUT2D eigenvalue weighted by Crippen LogP contribution is 2.16. The van der Waals surface area contributed by atoms with E-state index in [0.29, 0.717) is 37.3 Å². The second-order valence-electron chi connectivity index (χ2n) is 4.39. The average Bonchev–Trinajstić information content (AvgIpc) is 2.46. The number of aliphatic hydroxyl groups excluding tert-OH is 1. The van der Waals surface area contributed by atoms with Gasteiger partial charge in [-0.25, -0.2) is 13.1 Å². The third-order valence-electron chi connectivity index (χ3n) is 2.75. The van der Waals surface area contributed by atoms with Crippen LogP contribution in [0.3, 0.4) is 0 Å². The van der Waals surface area contributed by atoms with Crippen molar-refractivity contribution < 1.29 is 18.3 Å². The standard InChI is InChI=1S/C15H21NO4S/c1-3-20-11-5-9-16-21(18,19)15-12-14(6-4-10-17)8-7-13(15)2/h7-8,12,16-17H,3,5,9-11H2,1-2H3. The minimum absolute atomic E-state index is 0.212. The van der Waals surface area contributed by atoms with Crippen LogP contribution in [0.1, 0.15) is 24.5 Å². The molecule has 6 heteroatoms. The molecule has 1 aromatic carbocycles. The fourth-order valence-electron chi connectivity index (χ4n) is 1.71. The third kappa shape index (κ3) is 5.86. The first-order valence-corrected chi connectivity index (χ1v) is 8.27. The van der Waals surface area contributed by atoms with E-state index in [4.69, 9.17) is 9.84 Å². The van der Waals surface area contributed by atoms with Gasteiger partial charge in [0.15, 0.2) is 0 Å². The molecule has 0 saturated heterocycles. The van der Waals surface area contributed by atoms with Crippen molar-refractivity contribution in [3.63, 3.8) is 0 Å². The summed E-state index contributed by atoms with van der Waals surface area (Å²) in [5.74, 6) is 5.21. The van der Waals surface area contributed by atoms with E-state index in [9.17, 15) is 8.42 Å². The number of aliphatic hydroxyl groups is 1. The van der Waals surface area contributed by atoms with Crippen LogP contribution in [-0.2, 0) is 14.8 Å². The first-order chi connectivity index (χ1) is 10.0. The number of benzene rings is 1. The van der Waals surface area contributed by atoms with Gasteiger partial charge in [0.25, 0.3) is 0 Å². The first kappa shape index (κ1) is 17.7. The van der Waals surface area contributed by atoms with E-state index in [0.717, 1.165) is 0 Å². The van der Waals surface area contributed by atoms with Crippen LogP contribution in [0.5, 0.6) is 0 Å². The highest BCUT2D eigenvalue weighted by atomic mass is 32.2. The maximum atomic E-state index is 12.3. The predicted octanol–water partition coefficient (Wildman–Crippen LogP) is 1.04. The second kappa shape index (κ2) is 8.80. The maximum Gasteiger partial charge on any atom is 0.240 e. The highest BCUT2D eigenvalue weighted by Gasteiger charge is 2.16. The number of sulfonamides is 1. The van der Waals surface area contributed by atoms with Crippen molar-refractivity contribution in [2.45, 2.75) is 25.2 Å². The molecule has 0 spiro atoms. The summed E-state index contributed by atoms with van der Waals surface area (Å²) < 4.78 is 32.2. The molecule has 0 aliphatic rings. The molecule has 1 rings (SSSR count). The van der Waals surface area contributed by atoms with Crippen LogP contribution in [0.2, 0.25) is 0 Å². The van der Waals surface area contributed by atoms with E-state index in [1.165, 1.54) is 6.07 Å². The smallest absolute Gasteiger partial charge is 0.240 e. The zero-order chi connectivity index (χ0) is 15.7. The Morgan fingerprint density at radius 2 is 2.14 bits per heavy atom. The fourth-order valence-corrected chi connectivity index (χ4v) is 3.05. The minimum Gasteiger partial charge on any atom is -0.384 e. The van der Waals surface area contributed by atoms with E-state index in [1.54, 1.807) is 19.1 Å². The minimum atomic E-state index is -3.56. The van der Waals surface area contributed by atoms with Crippen LogP contribution in [0, 0.1) is 18.8 Å². The Labute approximate surface area is 126 Å². The van der Waals surface area contributed by atoms with Gasteiger partial charge in [-0.2, -0.15) is 0 Å². The van der Waals surface area contributed by atoms with Crippen LogP contribution in [0.15, 0.2) is 23.1 Å². The van der Waals surface area contributed by atoms with Gasteiger partial charge in [-0.05, 0) is 38.0 Å². The number of hydrogen-bond donors (Lipinski definition) is 2. The average molecular weight is 311 g/mol. The van der Waals surface area contributed by atoms with Gasteiger partial charge in [0.1, 0.15) is 6.61 Å². The summed E-state index contributed by atoms with van der Waals surface area (Å²) in [6.07, 6.45) is 0.621. The van der Waals surface area contributed by atoms with E-state index < -0.39 is 10.0 Å². The third-order valence-corrected chi connectivity index (χ3v) is 4.35. The van der Waals surface area contributed by atoms with Gasteiger partial charge in [0.2, 0.25) is 10.0 Å². The Morgan fingerprint density at radius 1 is 1.38 bits per heavy atom. The molecular weight excluding hydrogens is 290 g/mol. The zero-order valence-electron chi connectivity index (χ0n) is 12.3. The Kier molecular flexibility index (Phi) is 7.40. The Balaban J connectivity index is 2.82. The predicted molar refractivity (Wildman–Crippen MR) is 81.4 cm³/mol. The molecule has 0 radical (unpaired) electrons. The molecular formula is C15H21NO4S. The van der Waals surface area contributed by atoms with Crippen LogP contribution in [0.25, 0.3) is 0 Å². The van der Waals surface area contributed by atoms with Crippen molar-refractivity contribution in [2.24, 2.45) is 0 Å². The lowest BCUT2D eigenvalue weighted by molar-refractivity contribution is 0.146. The lowest BCUT2D eigenvalue weighted by atomic mass is 10.1. The first-order valence-electron chi connectivity index (χ1n) is 6.79. The molecule has 116 valence electrons. The van der Waals surface area contributed by atoms with Gasteiger partial charge in [-0.15, -0.1) is 0 Å². The second-order valence-corrected chi connectivity index (χ2v) is 6.12. The highest BCUT2D eigenvalue weighted by molar-refractivity contribution is 7.89. The van der Waals surface area contributed by atoms with E-state index in [-0.39, 0.29) is 11.5 Å². The lowest BCUT2D eigenvalue weighted by Crippen LogP contribution is -2.26. The summed E-state index contributed by atoms with van der Waals surface area (Å²) in [7, 11) is -3.56. The Hall–Kier alpha value is -1.39. The lowest BCUT2D eigenvalue weighted by Gasteiger charge is -2.10. The molecule has 0 unspecified atom stereocenters. The van der Waals surface area contributed by atoms with Crippen molar-refractivity contribution in [1.29, 1.82) is 0 Å². The number of aryl methyl sites for hydroxylation is 1. The summed E-state index contributed by atoms with van der Waals surface area (Å²) in [5.41, 5.74) is 1.21. The van der Waals surface area contributed by atoms with Gasteiger partial charge in [-0.1, -0.05) is 17.9 Å². The number of ether oxygens (including phenoxy) is 1. The Morgan fingerprint density at radius 3 is 2.81 bits per heavy atom. The van der Waals surface area contributed by atoms with Gasteiger partial charge >= 0.3 is 0 Å². The number of nitrogens with one attached hydrogen (secondary N) is 1. The Bertz CT molecular complexity index is 614. The molecule has 1 aromatic rings. The largest absolute Gasteiger partial charge is 0.384 e. The molecule has 0 fully saturated rings. The monoisotopic (exact) mass is 311 g/mol. The van der Waals surface area contributed by atoms with Crippen molar-refractivity contribution in [2.75, 3.05) is 26.4 Å². The number of rotatable bonds is 7. The normalized spacial score (nSPS) is 11.0. The molecule has 2 N–H and O–H groups in total. The van der Waals surface area contributed by atoms with E-state index in [2.05, 4.69) is 16.6 Å². The van der Waals surface area contributed by atoms with Crippen LogP contribution < -0.4 is 4.72 Å². The van der Waals surface area contributed by atoms with Crippen LogP contribution in [0.4, 0.5) is 0 Å². The van der Waals surface area contributed by atoms with E-state index >= 15 is 0 Å². The molecule has 5 nitrogen and oxygen atoms in total. The molecule has 0 heterocycles. The summed E-state index contributed by atoms with van der Waals surface area (Å²) in [4.78, 5) is 0.212. The fraction of sp³-hybridized carbons (Fsp3) is 0.467. The maximum absolute atomic E-state index is 12.3. The van der Waals surface area contributed by atoms with Gasteiger partial charge in [0, 0.05) is 25.3 Å². The van der Waals surface area contributed by atoms with Gasteiger partial charge in [-0.3, -0.25) is 0 Å². The van der Waals surface area contributed by atoms with Crippen molar-refractivity contribution in [3.8, 4) is 11.8 Å². The molecule has 0 saturated carbocycles. The van der Waals surface area contributed by atoms with Crippen molar-refractivity contribution >= 4 is 10.0 Å². The van der Waals surface area contributed by atoms with Crippen molar-refractivity contribution in [1.82, 2.24) is 4.72 Å². The summed E-state index contributed by atoms with van der Waals surface area (Å²) in [5, 5.41) is 8.68. The number of hydrogen-bond acceptors (Lipinski definition) is 4. The molecule has 0 aliphatic heterocycles. The topological polar surface area (TPSA) is 75.6 Å². The summed E-state index contributed by atoms with van der Waals surface area (Å²) in [6, 6.07) is 4.95. The molecule has 0 amide bonds. The van der Waals surface area contributed by atoms with Crippen molar-refractivity contribution in [3.05, 3.63) is 29.3 Å². The molecule has 0 atom stereocenters. The quantitative estimate of drug-likeness (QED) is 0.583. The molecule has 0 aromatic heterocycles. The molecule has 21 heavy (non-hydrogen) atoms.